The van der Waals surface area contributed by atoms with Gasteiger partial charge in [-0.25, -0.2) is 0 Å². The zero-order chi connectivity index (χ0) is 15.9. The molecule has 0 N–H and O–H groups in total. The lowest BCUT2D eigenvalue weighted by Crippen LogP contribution is -2.13. The summed E-state index contributed by atoms with van der Waals surface area (Å²) in [4.78, 5) is 5.64. The van der Waals surface area contributed by atoms with Gasteiger partial charge >= 0.3 is 0 Å². The van der Waals surface area contributed by atoms with Crippen molar-refractivity contribution in [3.05, 3.63) is 58.6 Å². The normalized spacial score (nSPS) is 12.8. The highest BCUT2D eigenvalue weighted by atomic mass is 79.9. The number of methoxy groups -OCH3 is 1. The Hall–Kier alpha value is -1.66. The van der Waals surface area contributed by atoms with Crippen molar-refractivity contribution in [3.8, 4) is 5.75 Å². The molecule has 0 saturated carbocycles. The maximum Gasteiger partial charge on any atom is 0.118 e. The molecular formula is C16H16BrNO3S. The topological polar surface area (TPSA) is 47.9 Å². The summed E-state index contributed by atoms with van der Waals surface area (Å²) in [5.74, 6) is 1.04. The lowest BCUT2D eigenvalue weighted by atomic mass is 10.1. The van der Waals surface area contributed by atoms with Gasteiger partial charge in [0.1, 0.15) is 12.9 Å². The van der Waals surface area contributed by atoms with E-state index in [-0.39, 0.29) is 5.75 Å². The molecule has 0 aromatic heterocycles. The van der Waals surface area contributed by atoms with E-state index in [0.717, 1.165) is 20.7 Å². The van der Waals surface area contributed by atoms with E-state index in [9.17, 15) is 4.21 Å². The van der Waals surface area contributed by atoms with E-state index in [1.807, 2.05) is 48.5 Å². The highest BCUT2D eigenvalue weighted by molar-refractivity contribution is 9.10. The molecule has 4 nitrogen and oxygen atoms in total. The summed E-state index contributed by atoms with van der Waals surface area (Å²) in [6.07, 6.45) is 0. The summed E-state index contributed by atoms with van der Waals surface area (Å²) in [5, 5.41) is 4.01. The molecule has 0 saturated heterocycles. The van der Waals surface area contributed by atoms with E-state index in [1.165, 1.54) is 7.11 Å². The third kappa shape index (κ3) is 4.42. The largest absolute Gasteiger partial charge is 0.497 e. The minimum atomic E-state index is -1.19. The van der Waals surface area contributed by atoms with E-state index in [4.69, 9.17) is 9.57 Å². The van der Waals surface area contributed by atoms with Gasteiger partial charge < -0.3 is 9.57 Å². The van der Waals surface area contributed by atoms with E-state index < -0.39 is 10.8 Å². The van der Waals surface area contributed by atoms with Crippen molar-refractivity contribution in [2.45, 2.75) is 4.90 Å². The van der Waals surface area contributed by atoms with Gasteiger partial charge in [0.05, 0.1) is 29.4 Å². The number of nitrogens with zero attached hydrogens (tertiary/aromatic N) is 1. The average molecular weight is 382 g/mol. The maximum absolute atomic E-state index is 12.5. The standard InChI is InChI=1S/C16H16BrNO3S/c1-20-14-7-3-12(4-8-14)16(18-21-2)11-22(19)15-9-5-13(17)6-10-15/h3-10H,11H2,1-2H3. The Morgan fingerprint density at radius 1 is 1.09 bits per heavy atom. The van der Waals surface area contributed by atoms with Crippen LogP contribution in [0.1, 0.15) is 5.56 Å². The van der Waals surface area contributed by atoms with Crippen LogP contribution in [0, 0.1) is 0 Å². The summed E-state index contributed by atoms with van der Waals surface area (Å²) < 4.78 is 18.6. The molecule has 6 heteroatoms. The van der Waals surface area contributed by atoms with Crippen LogP contribution in [-0.4, -0.2) is 29.9 Å². The Bertz CT molecular complexity index is 669. The van der Waals surface area contributed by atoms with Crippen LogP contribution in [0.3, 0.4) is 0 Å². The molecule has 2 aromatic rings. The molecule has 0 bridgehead atoms. The smallest absolute Gasteiger partial charge is 0.118 e. The van der Waals surface area contributed by atoms with Crippen LogP contribution >= 0.6 is 15.9 Å². The van der Waals surface area contributed by atoms with Crippen molar-refractivity contribution in [1.82, 2.24) is 0 Å². The SMILES string of the molecule is CON=C(CS(=O)c1ccc(Br)cc1)c1ccc(OC)cc1. The quantitative estimate of drug-likeness (QED) is 0.567. The number of halogens is 1. The summed E-state index contributed by atoms with van der Waals surface area (Å²) in [7, 11) is 1.90. The first-order valence-corrected chi connectivity index (χ1v) is 8.63. The molecule has 2 rings (SSSR count). The second-order valence-electron chi connectivity index (χ2n) is 4.39. The summed E-state index contributed by atoms with van der Waals surface area (Å²) in [5.41, 5.74) is 1.49. The Kier molecular flexibility index (Phi) is 6.15. The van der Waals surface area contributed by atoms with Crippen molar-refractivity contribution < 1.29 is 13.8 Å². The van der Waals surface area contributed by atoms with Crippen LogP contribution in [0.4, 0.5) is 0 Å². The fourth-order valence-corrected chi connectivity index (χ4v) is 3.19. The van der Waals surface area contributed by atoms with E-state index in [2.05, 4.69) is 21.1 Å². The summed E-state index contributed by atoms with van der Waals surface area (Å²) in [6.45, 7) is 0. The monoisotopic (exact) mass is 381 g/mol. The van der Waals surface area contributed by atoms with Crippen molar-refractivity contribution in [2.24, 2.45) is 5.16 Å². The molecule has 0 amide bonds. The van der Waals surface area contributed by atoms with Crippen molar-refractivity contribution in [2.75, 3.05) is 20.0 Å². The zero-order valence-electron chi connectivity index (χ0n) is 12.3. The molecule has 2 aromatic carbocycles. The minimum Gasteiger partial charge on any atom is -0.497 e. The molecular weight excluding hydrogens is 366 g/mol. The highest BCUT2D eigenvalue weighted by Crippen LogP contribution is 2.16. The Morgan fingerprint density at radius 3 is 2.27 bits per heavy atom. The second kappa shape index (κ2) is 8.10. The Labute approximate surface area is 140 Å². The molecule has 22 heavy (non-hydrogen) atoms. The Balaban J connectivity index is 2.19. The third-order valence-corrected chi connectivity index (χ3v) is 4.83. The van der Waals surface area contributed by atoms with Gasteiger partial charge in [-0.2, -0.15) is 0 Å². The van der Waals surface area contributed by atoms with Crippen LogP contribution < -0.4 is 4.74 Å². The van der Waals surface area contributed by atoms with E-state index >= 15 is 0 Å². The van der Waals surface area contributed by atoms with E-state index in [1.54, 1.807) is 7.11 Å². The van der Waals surface area contributed by atoms with Gasteiger partial charge in [0.2, 0.25) is 0 Å². The number of hydrogen-bond donors (Lipinski definition) is 0. The first-order chi connectivity index (χ1) is 10.6. The fraction of sp³-hybridized carbons (Fsp3) is 0.188. The maximum atomic E-state index is 12.5. The van der Waals surface area contributed by atoms with E-state index in [0.29, 0.717) is 5.71 Å². The number of rotatable bonds is 6. The second-order valence-corrected chi connectivity index (χ2v) is 6.76. The zero-order valence-corrected chi connectivity index (χ0v) is 14.7. The van der Waals surface area contributed by atoms with Crippen LogP contribution in [-0.2, 0) is 15.6 Å². The van der Waals surface area contributed by atoms with Gasteiger partial charge in [-0.05, 0) is 48.5 Å². The van der Waals surface area contributed by atoms with Crippen LogP contribution in [0.5, 0.6) is 5.75 Å². The molecule has 0 spiro atoms. The molecule has 0 radical (unpaired) electrons. The number of ether oxygens (including phenoxy) is 1. The predicted octanol–water partition coefficient (Wildman–Crippen LogP) is 3.62. The van der Waals surface area contributed by atoms with Crippen molar-refractivity contribution in [1.29, 1.82) is 0 Å². The average Bonchev–Trinajstić information content (AvgIpc) is 2.55. The molecule has 0 aliphatic heterocycles. The summed E-state index contributed by atoms with van der Waals surface area (Å²) in [6, 6.07) is 14.8. The lowest BCUT2D eigenvalue weighted by molar-refractivity contribution is 0.213. The van der Waals surface area contributed by atoms with Gasteiger partial charge in [0, 0.05) is 14.9 Å². The van der Waals surface area contributed by atoms with Crippen molar-refractivity contribution in [3.63, 3.8) is 0 Å². The molecule has 0 heterocycles. The van der Waals surface area contributed by atoms with Crippen molar-refractivity contribution >= 4 is 32.4 Å². The molecule has 116 valence electrons. The highest BCUT2D eigenvalue weighted by Gasteiger charge is 2.12. The van der Waals surface area contributed by atoms with Gasteiger partial charge in [-0.15, -0.1) is 0 Å². The molecule has 1 unspecified atom stereocenters. The fourth-order valence-electron chi connectivity index (χ4n) is 1.85. The van der Waals surface area contributed by atoms with Crippen LogP contribution in [0.2, 0.25) is 0 Å². The third-order valence-electron chi connectivity index (χ3n) is 2.97. The molecule has 0 aliphatic carbocycles. The number of oxime groups is 1. The lowest BCUT2D eigenvalue weighted by Gasteiger charge is -2.07. The first-order valence-electron chi connectivity index (χ1n) is 6.52. The number of benzene rings is 2. The predicted molar refractivity (Wildman–Crippen MR) is 92.0 cm³/mol. The molecule has 0 aliphatic rings. The first kappa shape index (κ1) is 16.7. The Morgan fingerprint density at radius 2 is 1.73 bits per heavy atom. The minimum absolute atomic E-state index is 0.280. The van der Waals surface area contributed by atoms with Gasteiger partial charge in [-0.3, -0.25) is 4.21 Å². The molecule has 0 fully saturated rings. The van der Waals surface area contributed by atoms with Gasteiger partial charge in [0.15, 0.2) is 0 Å². The van der Waals surface area contributed by atoms with Gasteiger partial charge in [0.25, 0.3) is 0 Å². The van der Waals surface area contributed by atoms with Crippen LogP contribution in [0.15, 0.2) is 63.1 Å². The molecule has 1 atom stereocenters. The summed E-state index contributed by atoms with van der Waals surface area (Å²) >= 11 is 3.37. The van der Waals surface area contributed by atoms with Crippen LogP contribution in [0.25, 0.3) is 0 Å². The number of hydrogen-bond acceptors (Lipinski definition) is 4. The van der Waals surface area contributed by atoms with Gasteiger partial charge in [-0.1, -0.05) is 21.1 Å².